The summed E-state index contributed by atoms with van der Waals surface area (Å²) in [5.74, 6) is 0.272. The van der Waals surface area contributed by atoms with Gasteiger partial charge in [0, 0.05) is 12.7 Å². The molecule has 0 atom stereocenters. The topological polar surface area (TPSA) is 58.6 Å². The van der Waals surface area contributed by atoms with Gasteiger partial charge in [-0.25, -0.2) is 0 Å². The first-order valence-corrected chi connectivity index (χ1v) is 7.40. The molecule has 1 aromatic carbocycles. The van der Waals surface area contributed by atoms with E-state index in [2.05, 4.69) is 5.32 Å². The van der Waals surface area contributed by atoms with Crippen molar-refractivity contribution in [3.63, 3.8) is 0 Å². The van der Waals surface area contributed by atoms with E-state index >= 15 is 0 Å². The van der Waals surface area contributed by atoms with E-state index in [1.54, 1.807) is 36.2 Å². The highest BCUT2D eigenvalue weighted by Crippen LogP contribution is 2.26. The van der Waals surface area contributed by atoms with Crippen LogP contribution in [-0.4, -0.2) is 36.9 Å². The smallest absolute Gasteiger partial charge is 0.265 e. The van der Waals surface area contributed by atoms with Crippen LogP contribution in [-0.2, 0) is 0 Å². The molecule has 108 valence electrons. The standard InChI is InChI=1S/C15H14N2O3S/c1-17-6-7-20-12-5-4-10(9-11(12)15(17)19)16-14(18)13-3-2-8-21-13/h2-5,8-9H,6-7H2,1H3,(H,16,18). The minimum Gasteiger partial charge on any atom is -0.491 e. The molecule has 2 aromatic rings. The van der Waals surface area contributed by atoms with Crippen LogP contribution in [0.4, 0.5) is 5.69 Å². The van der Waals surface area contributed by atoms with Crippen molar-refractivity contribution in [3.8, 4) is 5.75 Å². The molecule has 1 N–H and O–H groups in total. The minimum atomic E-state index is -0.180. The van der Waals surface area contributed by atoms with Gasteiger partial charge in [-0.15, -0.1) is 11.3 Å². The van der Waals surface area contributed by atoms with E-state index < -0.39 is 0 Å². The van der Waals surface area contributed by atoms with Crippen LogP contribution in [0, 0.1) is 0 Å². The summed E-state index contributed by atoms with van der Waals surface area (Å²) in [5.41, 5.74) is 1.05. The number of amides is 2. The Morgan fingerprint density at radius 3 is 3.00 bits per heavy atom. The van der Waals surface area contributed by atoms with Gasteiger partial charge < -0.3 is 15.0 Å². The minimum absolute atomic E-state index is 0.102. The number of anilines is 1. The van der Waals surface area contributed by atoms with E-state index in [0.717, 1.165) is 0 Å². The number of thiophene rings is 1. The van der Waals surface area contributed by atoms with Gasteiger partial charge in [0.05, 0.1) is 17.0 Å². The average Bonchev–Trinajstić information content (AvgIpc) is 2.97. The van der Waals surface area contributed by atoms with Gasteiger partial charge in [0.2, 0.25) is 0 Å². The summed E-state index contributed by atoms with van der Waals surface area (Å²) in [7, 11) is 1.73. The highest BCUT2D eigenvalue weighted by Gasteiger charge is 2.21. The Labute approximate surface area is 126 Å². The van der Waals surface area contributed by atoms with E-state index in [1.165, 1.54) is 11.3 Å². The Bertz CT molecular complexity index is 682. The maximum Gasteiger partial charge on any atom is 0.265 e. The normalized spacial score (nSPS) is 14.1. The predicted molar refractivity (Wildman–Crippen MR) is 81.2 cm³/mol. The van der Waals surface area contributed by atoms with E-state index in [4.69, 9.17) is 4.74 Å². The number of hydrogen-bond acceptors (Lipinski definition) is 4. The van der Waals surface area contributed by atoms with Gasteiger partial charge in [-0.2, -0.15) is 0 Å². The SMILES string of the molecule is CN1CCOc2ccc(NC(=O)c3cccs3)cc2C1=O. The number of benzene rings is 1. The second-order valence-electron chi connectivity index (χ2n) is 4.72. The molecule has 0 saturated heterocycles. The van der Waals surface area contributed by atoms with Gasteiger partial charge >= 0.3 is 0 Å². The molecule has 5 nitrogen and oxygen atoms in total. The van der Waals surface area contributed by atoms with E-state index in [0.29, 0.717) is 35.0 Å². The summed E-state index contributed by atoms with van der Waals surface area (Å²) in [4.78, 5) is 26.5. The molecule has 3 rings (SSSR count). The zero-order valence-corrected chi connectivity index (χ0v) is 12.3. The molecular weight excluding hydrogens is 288 g/mol. The lowest BCUT2D eigenvalue weighted by atomic mass is 10.1. The van der Waals surface area contributed by atoms with Crippen LogP contribution in [0.1, 0.15) is 20.0 Å². The van der Waals surface area contributed by atoms with Crippen molar-refractivity contribution in [2.24, 2.45) is 0 Å². The molecule has 0 radical (unpaired) electrons. The molecule has 1 aliphatic heterocycles. The van der Waals surface area contributed by atoms with E-state index in [-0.39, 0.29) is 11.8 Å². The molecule has 0 fully saturated rings. The third kappa shape index (κ3) is 2.75. The van der Waals surface area contributed by atoms with Crippen molar-refractivity contribution in [2.45, 2.75) is 0 Å². The van der Waals surface area contributed by atoms with Gasteiger partial charge in [-0.05, 0) is 29.6 Å². The molecule has 21 heavy (non-hydrogen) atoms. The molecular formula is C15H14N2O3S. The van der Waals surface area contributed by atoms with Crippen molar-refractivity contribution < 1.29 is 14.3 Å². The van der Waals surface area contributed by atoms with Gasteiger partial charge in [-0.3, -0.25) is 9.59 Å². The van der Waals surface area contributed by atoms with Crippen LogP contribution in [0.3, 0.4) is 0 Å². The van der Waals surface area contributed by atoms with Crippen molar-refractivity contribution in [3.05, 3.63) is 46.2 Å². The Balaban J connectivity index is 1.87. The highest BCUT2D eigenvalue weighted by molar-refractivity contribution is 7.12. The number of nitrogens with one attached hydrogen (secondary N) is 1. The van der Waals surface area contributed by atoms with Crippen molar-refractivity contribution in [2.75, 3.05) is 25.5 Å². The zero-order valence-electron chi connectivity index (χ0n) is 11.5. The lowest BCUT2D eigenvalue weighted by Crippen LogP contribution is -2.27. The zero-order chi connectivity index (χ0) is 14.8. The fourth-order valence-corrected chi connectivity index (χ4v) is 2.72. The summed E-state index contributed by atoms with van der Waals surface area (Å²) >= 11 is 1.37. The molecule has 2 amide bonds. The maximum absolute atomic E-state index is 12.2. The summed E-state index contributed by atoms with van der Waals surface area (Å²) in [6, 6.07) is 8.69. The van der Waals surface area contributed by atoms with Crippen molar-refractivity contribution in [1.82, 2.24) is 4.90 Å². The van der Waals surface area contributed by atoms with Crippen LogP contribution in [0.25, 0.3) is 0 Å². The quantitative estimate of drug-likeness (QED) is 0.927. The Morgan fingerprint density at radius 1 is 1.38 bits per heavy atom. The van der Waals surface area contributed by atoms with E-state index in [1.807, 2.05) is 11.4 Å². The number of fused-ring (bicyclic) bond motifs is 1. The third-order valence-corrected chi connectivity index (χ3v) is 4.11. The summed E-state index contributed by atoms with van der Waals surface area (Å²) < 4.78 is 5.55. The Hall–Kier alpha value is -2.34. The average molecular weight is 302 g/mol. The van der Waals surface area contributed by atoms with Crippen LogP contribution >= 0.6 is 11.3 Å². The molecule has 0 saturated carbocycles. The number of likely N-dealkylation sites (N-methyl/N-ethyl adjacent to an activating group) is 1. The molecule has 6 heteroatoms. The first-order chi connectivity index (χ1) is 10.1. The van der Waals surface area contributed by atoms with Crippen molar-refractivity contribution in [1.29, 1.82) is 0 Å². The van der Waals surface area contributed by atoms with Crippen LogP contribution in [0.15, 0.2) is 35.7 Å². The second-order valence-corrected chi connectivity index (χ2v) is 5.67. The number of ether oxygens (including phenoxy) is 1. The van der Waals surface area contributed by atoms with Crippen LogP contribution < -0.4 is 10.1 Å². The molecule has 0 aliphatic carbocycles. The predicted octanol–water partition coefficient (Wildman–Crippen LogP) is 2.46. The van der Waals surface area contributed by atoms with Crippen LogP contribution in [0.5, 0.6) is 5.75 Å². The van der Waals surface area contributed by atoms with Gasteiger partial charge in [-0.1, -0.05) is 6.07 Å². The van der Waals surface area contributed by atoms with Crippen LogP contribution in [0.2, 0.25) is 0 Å². The number of carbonyl (C=O) groups is 2. The molecule has 2 heterocycles. The highest BCUT2D eigenvalue weighted by atomic mass is 32.1. The maximum atomic E-state index is 12.2. The monoisotopic (exact) mass is 302 g/mol. The number of carbonyl (C=O) groups excluding carboxylic acids is 2. The van der Waals surface area contributed by atoms with Gasteiger partial charge in [0.1, 0.15) is 12.4 Å². The third-order valence-electron chi connectivity index (χ3n) is 3.24. The summed E-state index contributed by atoms with van der Waals surface area (Å²) in [6.45, 7) is 1.01. The van der Waals surface area contributed by atoms with Crippen molar-refractivity contribution >= 4 is 28.8 Å². The number of rotatable bonds is 2. The first kappa shape index (κ1) is 13.6. The van der Waals surface area contributed by atoms with E-state index in [9.17, 15) is 9.59 Å². The second kappa shape index (κ2) is 5.57. The molecule has 1 aromatic heterocycles. The largest absolute Gasteiger partial charge is 0.491 e. The van der Waals surface area contributed by atoms with Gasteiger partial charge in [0.15, 0.2) is 0 Å². The first-order valence-electron chi connectivity index (χ1n) is 6.52. The van der Waals surface area contributed by atoms with Gasteiger partial charge in [0.25, 0.3) is 11.8 Å². The molecule has 0 unspecified atom stereocenters. The molecule has 0 spiro atoms. The Morgan fingerprint density at radius 2 is 2.24 bits per heavy atom. The fourth-order valence-electron chi connectivity index (χ4n) is 2.10. The molecule has 0 bridgehead atoms. The summed E-state index contributed by atoms with van der Waals surface area (Å²) in [5, 5.41) is 4.64. The lowest BCUT2D eigenvalue weighted by molar-refractivity contribution is 0.0796. The lowest BCUT2D eigenvalue weighted by Gasteiger charge is -2.13. The number of hydrogen-bond donors (Lipinski definition) is 1. The summed E-state index contributed by atoms with van der Waals surface area (Å²) in [6.07, 6.45) is 0. The Kier molecular flexibility index (Phi) is 3.62. The molecule has 1 aliphatic rings. The number of nitrogens with zero attached hydrogens (tertiary/aromatic N) is 1. The fraction of sp³-hybridized carbons (Fsp3) is 0.200.